The zero-order valence-corrected chi connectivity index (χ0v) is 31.9. The van der Waals surface area contributed by atoms with Crippen molar-refractivity contribution in [1.29, 1.82) is 0 Å². The molecule has 0 saturated carbocycles. The minimum atomic E-state index is -0.0919. The lowest BCUT2D eigenvalue weighted by Gasteiger charge is -2.23. The van der Waals surface area contributed by atoms with Gasteiger partial charge in [-0.1, -0.05) is 190 Å². The summed E-state index contributed by atoms with van der Waals surface area (Å²) in [6, 6.07) is 70.1. The van der Waals surface area contributed by atoms with Crippen molar-refractivity contribution in [3.8, 4) is 67.3 Å². The van der Waals surface area contributed by atoms with E-state index in [-0.39, 0.29) is 5.41 Å². The van der Waals surface area contributed by atoms with Gasteiger partial charge in [0, 0.05) is 22.1 Å². The van der Waals surface area contributed by atoms with Crippen LogP contribution in [0.25, 0.3) is 99.6 Å². The second kappa shape index (κ2) is 13.0. The van der Waals surface area contributed by atoms with Gasteiger partial charge in [-0.2, -0.15) is 0 Å². The molecule has 268 valence electrons. The van der Waals surface area contributed by atoms with Gasteiger partial charge in [-0.15, -0.1) is 0 Å². The Labute approximate surface area is 332 Å². The van der Waals surface area contributed by atoms with Crippen molar-refractivity contribution < 1.29 is 0 Å². The average Bonchev–Trinajstić information content (AvgIpc) is 3.51. The van der Waals surface area contributed by atoms with Crippen LogP contribution in [0.3, 0.4) is 0 Å². The zero-order chi connectivity index (χ0) is 38.1. The predicted molar refractivity (Wildman–Crippen MR) is 239 cm³/mol. The molecule has 1 heterocycles. The maximum absolute atomic E-state index is 5.32. The van der Waals surface area contributed by atoms with Crippen molar-refractivity contribution >= 4 is 32.3 Å². The third-order valence-electron chi connectivity index (χ3n) is 12.1. The normalized spacial score (nSPS) is 12.9. The largest absolute Gasteiger partial charge is 0.228 e. The third kappa shape index (κ3) is 5.48. The van der Waals surface area contributed by atoms with Crippen LogP contribution in [0.1, 0.15) is 25.0 Å². The number of nitrogens with zero attached hydrogens (tertiary/aromatic N) is 2. The van der Waals surface area contributed by atoms with Crippen LogP contribution in [-0.4, -0.2) is 9.97 Å². The molecule has 2 nitrogen and oxygen atoms in total. The van der Waals surface area contributed by atoms with E-state index >= 15 is 0 Å². The van der Waals surface area contributed by atoms with E-state index in [0.717, 1.165) is 33.5 Å². The van der Waals surface area contributed by atoms with Crippen LogP contribution in [0.5, 0.6) is 0 Å². The van der Waals surface area contributed by atoms with Gasteiger partial charge in [-0.25, -0.2) is 9.97 Å². The molecule has 0 spiro atoms. The average molecular weight is 727 g/mol. The van der Waals surface area contributed by atoms with Gasteiger partial charge in [0.2, 0.25) is 0 Å². The molecule has 1 aromatic heterocycles. The Balaban J connectivity index is 1.06. The van der Waals surface area contributed by atoms with E-state index < -0.39 is 0 Å². The molecule has 11 rings (SSSR count). The van der Waals surface area contributed by atoms with E-state index in [2.05, 4.69) is 208 Å². The summed E-state index contributed by atoms with van der Waals surface area (Å²) in [6.07, 6.45) is 0. The van der Waals surface area contributed by atoms with E-state index in [4.69, 9.17) is 9.97 Å². The van der Waals surface area contributed by atoms with Gasteiger partial charge in [0.15, 0.2) is 5.82 Å². The molecule has 2 heteroatoms. The van der Waals surface area contributed by atoms with Crippen LogP contribution in [-0.2, 0) is 5.41 Å². The number of hydrogen-bond acceptors (Lipinski definition) is 2. The number of aromatic nitrogens is 2. The van der Waals surface area contributed by atoms with Crippen molar-refractivity contribution in [1.82, 2.24) is 9.97 Å². The fourth-order valence-corrected chi connectivity index (χ4v) is 9.21. The Morgan fingerprint density at radius 1 is 0.333 bits per heavy atom. The highest BCUT2D eigenvalue weighted by Gasteiger charge is 2.37. The number of fused-ring (bicyclic) bond motifs is 7. The molecule has 0 saturated heterocycles. The minimum Gasteiger partial charge on any atom is -0.228 e. The first-order valence-corrected chi connectivity index (χ1v) is 19.7. The van der Waals surface area contributed by atoms with Gasteiger partial charge in [0.1, 0.15) is 0 Å². The van der Waals surface area contributed by atoms with Crippen molar-refractivity contribution in [3.05, 3.63) is 205 Å². The van der Waals surface area contributed by atoms with E-state index in [1.54, 1.807) is 0 Å². The molecule has 0 aliphatic heterocycles. The summed E-state index contributed by atoms with van der Waals surface area (Å²) in [4.78, 5) is 10.5. The second-order valence-electron chi connectivity index (χ2n) is 15.8. The van der Waals surface area contributed by atoms with Gasteiger partial charge in [0.05, 0.1) is 11.4 Å². The fourth-order valence-electron chi connectivity index (χ4n) is 9.21. The van der Waals surface area contributed by atoms with Crippen LogP contribution >= 0.6 is 0 Å². The Kier molecular flexibility index (Phi) is 7.55. The molecule has 57 heavy (non-hydrogen) atoms. The lowest BCUT2D eigenvalue weighted by Crippen LogP contribution is -2.15. The summed E-state index contributed by atoms with van der Waals surface area (Å²) in [5, 5.41) is 7.39. The van der Waals surface area contributed by atoms with Gasteiger partial charge in [0.25, 0.3) is 0 Å². The predicted octanol–water partition coefficient (Wildman–Crippen LogP) is 14.6. The first-order chi connectivity index (χ1) is 28.0. The molecule has 1 aliphatic carbocycles. The number of hydrogen-bond donors (Lipinski definition) is 0. The monoisotopic (exact) mass is 726 g/mol. The summed E-state index contributed by atoms with van der Waals surface area (Å²) in [7, 11) is 0. The van der Waals surface area contributed by atoms with E-state index in [1.807, 2.05) is 0 Å². The Hall–Kier alpha value is -7.16. The zero-order valence-electron chi connectivity index (χ0n) is 31.9. The Bertz CT molecular complexity index is 3190. The summed E-state index contributed by atoms with van der Waals surface area (Å²) in [5.41, 5.74) is 15.1. The van der Waals surface area contributed by atoms with Crippen LogP contribution < -0.4 is 0 Å². The van der Waals surface area contributed by atoms with Crippen LogP contribution in [0, 0.1) is 0 Å². The Morgan fingerprint density at radius 3 is 1.70 bits per heavy atom. The standard InChI is InChI=1S/C55H38N2/c1-55(2)50-31-27-41(33-49(50)48-28-26-38-15-8-9-17-44(38)53(48)55)43-29-30-47(46-19-11-10-18-45(43)46)52-34-51(42-25-22-36-14-6-7-16-40(36)32-42)56-54(57-52)39-23-20-37(21-24-39)35-12-4-3-5-13-35/h3-34H,1-2H3. The van der Waals surface area contributed by atoms with Gasteiger partial charge >= 0.3 is 0 Å². The van der Waals surface area contributed by atoms with Crippen molar-refractivity contribution in [2.75, 3.05) is 0 Å². The first kappa shape index (κ1) is 33.2. The highest BCUT2D eigenvalue weighted by Crippen LogP contribution is 2.52. The quantitative estimate of drug-likeness (QED) is 0.176. The molecule has 0 unspecified atom stereocenters. The topological polar surface area (TPSA) is 25.8 Å². The minimum absolute atomic E-state index is 0.0919. The molecule has 9 aromatic carbocycles. The fraction of sp³-hybridized carbons (Fsp3) is 0.0545. The summed E-state index contributed by atoms with van der Waals surface area (Å²) < 4.78 is 0. The van der Waals surface area contributed by atoms with Crippen LogP contribution in [0.2, 0.25) is 0 Å². The van der Waals surface area contributed by atoms with E-state index in [9.17, 15) is 0 Å². The lowest BCUT2D eigenvalue weighted by molar-refractivity contribution is 0.666. The van der Waals surface area contributed by atoms with Crippen molar-refractivity contribution in [2.24, 2.45) is 0 Å². The SMILES string of the molecule is CC1(C)c2ccc(-c3ccc(-c4cc(-c5ccc6ccccc6c5)nc(-c5ccc(-c6ccccc6)cc5)n4)c4ccccc34)cc2-c2ccc3ccccc3c21. The molecule has 0 fully saturated rings. The molecule has 10 aromatic rings. The summed E-state index contributed by atoms with van der Waals surface area (Å²) in [5.74, 6) is 0.704. The summed E-state index contributed by atoms with van der Waals surface area (Å²) in [6.45, 7) is 4.74. The molecular formula is C55H38N2. The number of rotatable bonds is 5. The highest BCUT2D eigenvalue weighted by molar-refractivity contribution is 6.06. The molecule has 0 N–H and O–H groups in total. The molecule has 0 radical (unpaired) electrons. The molecule has 1 aliphatic rings. The summed E-state index contributed by atoms with van der Waals surface area (Å²) >= 11 is 0. The van der Waals surface area contributed by atoms with Crippen LogP contribution in [0.15, 0.2) is 194 Å². The first-order valence-electron chi connectivity index (χ1n) is 19.7. The maximum Gasteiger partial charge on any atom is 0.160 e. The number of benzene rings is 9. The van der Waals surface area contributed by atoms with Crippen molar-refractivity contribution in [3.63, 3.8) is 0 Å². The molecule has 0 amide bonds. The van der Waals surface area contributed by atoms with Crippen LogP contribution in [0.4, 0.5) is 0 Å². The molecule has 0 bridgehead atoms. The molecular weight excluding hydrogens is 689 g/mol. The van der Waals surface area contributed by atoms with Crippen molar-refractivity contribution in [2.45, 2.75) is 19.3 Å². The Morgan fingerprint density at radius 2 is 0.895 bits per heavy atom. The van der Waals surface area contributed by atoms with E-state index in [0.29, 0.717) is 5.82 Å². The maximum atomic E-state index is 5.32. The van der Waals surface area contributed by atoms with E-state index in [1.165, 1.54) is 71.4 Å². The van der Waals surface area contributed by atoms with Gasteiger partial charge in [-0.3, -0.25) is 0 Å². The third-order valence-corrected chi connectivity index (χ3v) is 12.1. The highest BCUT2D eigenvalue weighted by atomic mass is 14.9. The smallest absolute Gasteiger partial charge is 0.160 e. The molecule has 0 atom stereocenters. The van der Waals surface area contributed by atoms with Gasteiger partial charge in [-0.05, 0) is 95.0 Å². The second-order valence-corrected chi connectivity index (χ2v) is 15.8. The van der Waals surface area contributed by atoms with Gasteiger partial charge < -0.3 is 0 Å². The lowest BCUT2D eigenvalue weighted by atomic mass is 9.80.